The molecule has 2 heterocycles. The fourth-order valence-electron chi connectivity index (χ4n) is 2.48. The zero-order valence-corrected chi connectivity index (χ0v) is 14.0. The summed E-state index contributed by atoms with van der Waals surface area (Å²) in [5.41, 5.74) is 2.34. The van der Waals surface area contributed by atoms with Crippen molar-refractivity contribution in [1.29, 1.82) is 0 Å². The second-order valence-corrected chi connectivity index (χ2v) is 5.38. The zero-order valence-electron chi connectivity index (χ0n) is 14.0. The van der Waals surface area contributed by atoms with Crippen molar-refractivity contribution in [2.45, 2.75) is 13.5 Å². The molecule has 0 aliphatic heterocycles. The number of hydrogen-bond acceptors (Lipinski definition) is 5. The molecule has 3 rings (SSSR count). The van der Waals surface area contributed by atoms with Crippen molar-refractivity contribution in [3.05, 3.63) is 78.5 Å². The third kappa shape index (κ3) is 4.17. The highest BCUT2D eigenvalue weighted by Crippen LogP contribution is 2.22. The molecular formula is C19H19N5O. The lowest BCUT2D eigenvalue weighted by molar-refractivity contribution is 0.0945. The van der Waals surface area contributed by atoms with Crippen LogP contribution in [0.4, 0.5) is 11.5 Å². The lowest BCUT2D eigenvalue weighted by atomic mass is 10.2. The van der Waals surface area contributed by atoms with Crippen molar-refractivity contribution in [3.63, 3.8) is 0 Å². The van der Waals surface area contributed by atoms with E-state index in [0.29, 0.717) is 18.1 Å². The monoisotopic (exact) mass is 333 g/mol. The molecule has 1 aromatic carbocycles. The molecule has 25 heavy (non-hydrogen) atoms. The number of carbonyl (C=O) groups excluding carboxylic acids is 1. The highest BCUT2D eigenvalue weighted by atomic mass is 16.1. The van der Waals surface area contributed by atoms with E-state index in [0.717, 1.165) is 17.8 Å². The normalized spacial score (nSPS) is 10.3. The molecule has 0 spiro atoms. The molecule has 0 atom stereocenters. The van der Waals surface area contributed by atoms with E-state index in [1.54, 1.807) is 18.5 Å². The second kappa shape index (κ2) is 8.01. The van der Waals surface area contributed by atoms with Gasteiger partial charge < -0.3 is 10.2 Å². The first kappa shape index (κ1) is 16.6. The Kier molecular flexibility index (Phi) is 5.31. The Bertz CT molecular complexity index is 823. The standard InChI is InChI=1S/C19H19N5O/c1-2-24(16-6-4-3-5-7-16)18-12-17(22-14-23-18)19(25)21-13-15-8-10-20-11-9-15/h3-12,14H,2,13H2,1H3,(H,21,25). The largest absolute Gasteiger partial charge is 0.347 e. The maximum atomic E-state index is 12.4. The molecular weight excluding hydrogens is 314 g/mol. The van der Waals surface area contributed by atoms with Gasteiger partial charge in [-0.2, -0.15) is 0 Å². The number of amides is 1. The number of rotatable bonds is 6. The van der Waals surface area contributed by atoms with Gasteiger partial charge in [0, 0.05) is 37.2 Å². The number of nitrogens with one attached hydrogen (secondary N) is 1. The highest BCUT2D eigenvalue weighted by Gasteiger charge is 2.13. The molecule has 0 saturated carbocycles. The summed E-state index contributed by atoms with van der Waals surface area (Å²) >= 11 is 0. The van der Waals surface area contributed by atoms with E-state index in [9.17, 15) is 4.79 Å². The Labute approximate surface area is 146 Å². The molecule has 2 aromatic heterocycles. The number of carbonyl (C=O) groups is 1. The predicted octanol–water partition coefficient (Wildman–Crippen LogP) is 2.96. The molecule has 0 aliphatic rings. The van der Waals surface area contributed by atoms with Gasteiger partial charge in [-0.05, 0) is 36.8 Å². The SMILES string of the molecule is CCN(c1ccccc1)c1cc(C(=O)NCc2ccncc2)ncn1. The summed E-state index contributed by atoms with van der Waals surface area (Å²) in [7, 11) is 0. The molecule has 0 radical (unpaired) electrons. The first-order chi connectivity index (χ1) is 12.3. The summed E-state index contributed by atoms with van der Waals surface area (Å²) in [5, 5.41) is 2.86. The van der Waals surface area contributed by atoms with Gasteiger partial charge in [0.1, 0.15) is 17.8 Å². The van der Waals surface area contributed by atoms with Crippen LogP contribution < -0.4 is 10.2 Å². The molecule has 1 N–H and O–H groups in total. The maximum Gasteiger partial charge on any atom is 0.270 e. The summed E-state index contributed by atoms with van der Waals surface area (Å²) < 4.78 is 0. The number of hydrogen-bond donors (Lipinski definition) is 1. The minimum Gasteiger partial charge on any atom is -0.347 e. The smallest absolute Gasteiger partial charge is 0.270 e. The number of aromatic nitrogens is 3. The molecule has 0 saturated heterocycles. The van der Waals surface area contributed by atoms with Crippen molar-refractivity contribution in [2.24, 2.45) is 0 Å². The van der Waals surface area contributed by atoms with Crippen molar-refractivity contribution in [1.82, 2.24) is 20.3 Å². The van der Waals surface area contributed by atoms with Gasteiger partial charge in [-0.1, -0.05) is 18.2 Å². The van der Waals surface area contributed by atoms with E-state index in [-0.39, 0.29) is 5.91 Å². The van der Waals surface area contributed by atoms with Gasteiger partial charge in [0.2, 0.25) is 0 Å². The molecule has 6 heteroatoms. The van der Waals surface area contributed by atoms with Crippen molar-refractivity contribution < 1.29 is 4.79 Å². The van der Waals surface area contributed by atoms with E-state index in [1.165, 1.54) is 6.33 Å². The average molecular weight is 333 g/mol. The third-order valence-corrected chi connectivity index (χ3v) is 3.75. The summed E-state index contributed by atoms with van der Waals surface area (Å²) in [6, 6.07) is 15.4. The van der Waals surface area contributed by atoms with E-state index in [2.05, 4.69) is 20.3 Å². The van der Waals surface area contributed by atoms with Crippen molar-refractivity contribution in [3.8, 4) is 0 Å². The summed E-state index contributed by atoms with van der Waals surface area (Å²) in [6.07, 6.45) is 4.81. The van der Waals surface area contributed by atoms with Crippen LogP contribution >= 0.6 is 0 Å². The van der Waals surface area contributed by atoms with Gasteiger partial charge in [0.15, 0.2) is 0 Å². The Morgan fingerprint density at radius 1 is 1.08 bits per heavy atom. The Morgan fingerprint density at radius 3 is 2.56 bits per heavy atom. The molecule has 0 bridgehead atoms. The molecule has 1 amide bonds. The number of pyridine rings is 1. The van der Waals surface area contributed by atoms with Crippen LogP contribution in [0, 0.1) is 0 Å². The van der Waals surface area contributed by atoms with E-state index in [4.69, 9.17) is 0 Å². The minimum absolute atomic E-state index is 0.232. The van der Waals surface area contributed by atoms with E-state index >= 15 is 0 Å². The fraction of sp³-hybridized carbons (Fsp3) is 0.158. The van der Waals surface area contributed by atoms with Crippen molar-refractivity contribution >= 4 is 17.4 Å². The fourth-order valence-corrected chi connectivity index (χ4v) is 2.48. The van der Waals surface area contributed by atoms with Gasteiger partial charge in [0.05, 0.1) is 0 Å². The van der Waals surface area contributed by atoms with Gasteiger partial charge in [0.25, 0.3) is 5.91 Å². The predicted molar refractivity (Wildman–Crippen MR) is 96.6 cm³/mol. The highest BCUT2D eigenvalue weighted by molar-refractivity contribution is 5.93. The Hall–Kier alpha value is -3.28. The molecule has 0 fully saturated rings. The van der Waals surface area contributed by atoms with Gasteiger partial charge in [-0.25, -0.2) is 9.97 Å². The van der Waals surface area contributed by atoms with Gasteiger partial charge >= 0.3 is 0 Å². The van der Waals surface area contributed by atoms with Crippen LogP contribution in [0.5, 0.6) is 0 Å². The van der Waals surface area contributed by atoms with Gasteiger partial charge in [-0.15, -0.1) is 0 Å². The van der Waals surface area contributed by atoms with E-state index < -0.39 is 0 Å². The Balaban J connectivity index is 1.75. The first-order valence-corrected chi connectivity index (χ1v) is 8.09. The number of anilines is 2. The van der Waals surface area contributed by atoms with Crippen LogP contribution in [-0.2, 0) is 6.54 Å². The van der Waals surface area contributed by atoms with Crippen LogP contribution in [0.25, 0.3) is 0 Å². The molecule has 0 unspecified atom stereocenters. The minimum atomic E-state index is -0.232. The Morgan fingerprint density at radius 2 is 1.84 bits per heavy atom. The molecule has 3 aromatic rings. The quantitative estimate of drug-likeness (QED) is 0.751. The third-order valence-electron chi connectivity index (χ3n) is 3.75. The summed E-state index contributed by atoms with van der Waals surface area (Å²) in [5.74, 6) is 0.460. The van der Waals surface area contributed by atoms with Crippen LogP contribution in [0.2, 0.25) is 0 Å². The molecule has 0 aliphatic carbocycles. The van der Waals surface area contributed by atoms with Crippen LogP contribution in [0.3, 0.4) is 0 Å². The number of benzene rings is 1. The summed E-state index contributed by atoms with van der Waals surface area (Å²) in [4.78, 5) is 26.8. The summed E-state index contributed by atoms with van der Waals surface area (Å²) in [6.45, 7) is 3.20. The number of para-hydroxylation sites is 1. The maximum absolute atomic E-state index is 12.4. The number of nitrogens with zero attached hydrogens (tertiary/aromatic N) is 4. The zero-order chi connectivity index (χ0) is 17.5. The average Bonchev–Trinajstić information content (AvgIpc) is 2.69. The molecule has 126 valence electrons. The van der Waals surface area contributed by atoms with Crippen LogP contribution in [0.15, 0.2) is 67.3 Å². The van der Waals surface area contributed by atoms with Gasteiger partial charge in [-0.3, -0.25) is 9.78 Å². The van der Waals surface area contributed by atoms with Crippen molar-refractivity contribution in [2.75, 3.05) is 11.4 Å². The molecule has 6 nitrogen and oxygen atoms in total. The van der Waals surface area contributed by atoms with Crippen LogP contribution in [-0.4, -0.2) is 27.4 Å². The first-order valence-electron chi connectivity index (χ1n) is 8.09. The van der Waals surface area contributed by atoms with E-state index in [1.807, 2.05) is 54.3 Å². The second-order valence-electron chi connectivity index (χ2n) is 5.38. The topological polar surface area (TPSA) is 71.0 Å². The lowest BCUT2D eigenvalue weighted by Crippen LogP contribution is -2.25. The van der Waals surface area contributed by atoms with Crippen LogP contribution in [0.1, 0.15) is 23.0 Å². The lowest BCUT2D eigenvalue weighted by Gasteiger charge is -2.22.